The van der Waals surface area contributed by atoms with Gasteiger partial charge in [-0.25, -0.2) is 4.79 Å². The molecule has 8 heteroatoms. The van der Waals surface area contributed by atoms with E-state index in [-0.39, 0.29) is 18.9 Å². The van der Waals surface area contributed by atoms with Crippen LogP contribution in [-0.2, 0) is 22.7 Å². The van der Waals surface area contributed by atoms with Crippen molar-refractivity contribution in [3.63, 3.8) is 0 Å². The van der Waals surface area contributed by atoms with Crippen molar-refractivity contribution in [3.8, 4) is 17.2 Å². The van der Waals surface area contributed by atoms with E-state index in [2.05, 4.69) is 21.2 Å². The lowest BCUT2D eigenvalue weighted by Gasteiger charge is -2.12. The van der Waals surface area contributed by atoms with Crippen LogP contribution in [0.2, 0.25) is 0 Å². The number of para-hydroxylation sites is 1. The smallest absolute Gasteiger partial charge is 0.342 e. The van der Waals surface area contributed by atoms with Gasteiger partial charge in [-0.1, -0.05) is 46.3 Å². The third kappa shape index (κ3) is 5.59. The van der Waals surface area contributed by atoms with E-state index >= 15 is 0 Å². The first-order valence-corrected chi connectivity index (χ1v) is 10.7. The molecule has 164 valence electrons. The molecule has 32 heavy (non-hydrogen) atoms. The Balaban J connectivity index is 1.28. The van der Waals surface area contributed by atoms with Gasteiger partial charge in [0.1, 0.15) is 17.9 Å². The van der Waals surface area contributed by atoms with Crippen molar-refractivity contribution in [2.45, 2.75) is 13.2 Å². The molecule has 0 atom stereocenters. The topological polar surface area (TPSA) is 83.1 Å². The Morgan fingerprint density at radius 1 is 0.938 bits per heavy atom. The highest BCUT2D eigenvalue weighted by Crippen LogP contribution is 2.32. The summed E-state index contributed by atoms with van der Waals surface area (Å²) in [5, 5.41) is 2.72. The van der Waals surface area contributed by atoms with Crippen molar-refractivity contribution in [2.24, 2.45) is 0 Å². The van der Waals surface area contributed by atoms with Gasteiger partial charge in [-0.05, 0) is 47.5 Å². The van der Waals surface area contributed by atoms with Gasteiger partial charge in [0.05, 0.1) is 0 Å². The Hall–Kier alpha value is -3.52. The van der Waals surface area contributed by atoms with Gasteiger partial charge in [0, 0.05) is 11.0 Å². The van der Waals surface area contributed by atoms with E-state index in [0.717, 1.165) is 15.6 Å². The van der Waals surface area contributed by atoms with Gasteiger partial charge in [0.25, 0.3) is 5.91 Å². The fourth-order valence-electron chi connectivity index (χ4n) is 3.06. The van der Waals surface area contributed by atoms with Gasteiger partial charge >= 0.3 is 5.97 Å². The Bertz CT molecular complexity index is 1130. The van der Waals surface area contributed by atoms with Crippen LogP contribution in [0.4, 0.5) is 0 Å². The monoisotopic (exact) mass is 497 g/mol. The molecular formula is C24H20BrNO6. The zero-order valence-electron chi connectivity index (χ0n) is 17.0. The maximum absolute atomic E-state index is 12.5. The zero-order chi connectivity index (χ0) is 22.3. The summed E-state index contributed by atoms with van der Waals surface area (Å²) in [7, 11) is 0. The summed E-state index contributed by atoms with van der Waals surface area (Å²) >= 11 is 3.42. The summed E-state index contributed by atoms with van der Waals surface area (Å²) in [6.45, 7) is 0.359. The number of carbonyl (C=O) groups is 2. The lowest BCUT2D eigenvalue weighted by atomic mass is 10.2. The lowest BCUT2D eigenvalue weighted by Crippen LogP contribution is -2.28. The van der Waals surface area contributed by atoms with E-state index in [1.54, 1.807) is 36.4 Å². The Morgan fingerprint density at radius 2 is 1.78 bits per heavy atom. The normalized spacial score (nSPS) is 11.7. The molecule has 7 nitrogen and oxygen atoms in total. The van der Waals surface area contributed by atoms with Crippen LogP contribution in [0.1, 0.15) is 21.5 Å². The van der Waals surface area contributed by atoms with Gasteiger partial charge in [-0.2, -0.15) is 0 Å². The average Bonchev–Trinajstić information content (AvgIpc) is 3.28. The quantitative estimate of drug-likeness (QED) is 0.469. The molecule has 0 saturated carbocycles. The van der Waals surface area contributed by atoms with Crippen LogP contribution in [0, 0.1) is 0 Å². The van der Waals surface area contributed by atoms with Gasteiger partial charge in [-0.3, -0.25) is 4.79 Å². The second-order valence-electron chi connectivity index (χ2n) is 6.96. The standard InChI is InChI=1S/C24H20BrNO6/c25-18-5-3-4-17(10-18)13-29-20-7-2-1-6-19(20)24(28)30-14-23(27)26-12-16-8-9-21-22(11-16)32-15-31-21/h1-11H,12-15H2,(H,26,27). The minimum absolute atomic E-state index is 0.190. The summed E-state index contributed by atoms with van der Waals surface area (Å²) in [6, 6.07) is 19.9. The Kier molecular flexibility index (Phi) is 6.91. The molecule has 0 unspecified atom stereocenters. The number of hydrogen-bond donors (Lipinski definition) is 1. The van der Waals surface area contributed by atoms with E-state index in [1.807, 2.05) is 30.3 Å². The van der Waals surface area contributed by atoms with Crippen molar-refractivity contribution in [2.75, 3.05) is 13.4 Å². The molecule has 1 N–H and O–H groups in total. The van der Waals surface area contributed by atoms with Crippen LogP contribution in [0.15, 0.2) is 71.2 Å². The zero-order valence-corrected chi connectivity index (χ0v) is 18.6. The summed E-state index contributed by atoms with van der Waals surface area (Å²) in [6.07, 6.45) is 0. The number of halogens is 1. The maximum atomic E-state index is 12.5. The number of esters is 1. The van der Waals surface area contributed by atoms with E-state index in [4.69, 9.17) is 18.9 Å². The third-order valence-corrected chi connectivity index (χ3v) is 5.14. The number of rotatable bonds is 8. The average molecular weight is 498 g/mol. The predicted molar refractivity (Wildman–Crippen MR) is 120 cm³/mol. The summed E-state index contributed by atoms with van der Waals surface area (Å²) < 4.78 is 22.5. The molecule has 0 aromatic heterocycles. The van der Waals surface area contributed by atoms with Crippen LogP contribution in [0.3, 0.4) is 0 Å². The minimum atomic E-state index is -0.631. The highest BCUT2D eigenvalue weighted by Gasteiger charge is 2.16. The largest absolute Gasteiger partial charge is 0.488 e. The Labute approximate surface area is 193 Å². The number of carbonyl (C=O) groups excluding carboxylic acids is 2. The fraction of sp³-hybridized carbons (Fsp3) is 0.167. The number of hydrogen-bond acceptors (Lipinski definition) is 6. The summed E-state index contributed by atoms with van der Waals surface area (Å²) in [5.74, 6) is 0.660. The third-order valence-electron chi connectivity index (χ3n) is 4.65. The van der Waals surface area contributed by atoms with Crippen LogP contribution in [0.25, 0.3) is 0 Å². The van der Waals surface area contributed by atoms with Crippen molar-refractivity contribution in [1.82, 2.24) is 5.32 Å². The van der Waals surface area contributed by atoms with Crippen molar-refractivity contribution >= 4 is 27.8 Å². The van der Waals surface area contributed by atoms with E-state index < -0.39 is 18.5 Å². The van der Waals surface area contributed by atoms with Gasteiger partial charge < -0.3 is 24.3 Å². The van der Waals surface area contributed by atoms with E-state index in [1.165, 1.54) is 0 Å². The minimum Gasteiger partial charge on any atom is -0.488 e. The number of amides is 1. The molecular weight excluding hydrogens is 478 g/mol. The molecule has 0 fully saturated rings. The molecule has 0 aliphatic carbocycles. The molecule has 0 saturated heterocycles. The van der Waals surface area contributed by atoms with Gasteiger partial charge in [0.2, 0.25) is 6.79 Å². The summed E-state index contributed by atoms with van der Waals surface area (Å²) in [5.41, 5.74) is 2.05. The Morgan fingerprint density at radius 3 is 2.66 bits per heavy atom. The molecule has 0 spiro atoms. The number of nitrogens with one attached hydrogen (secondary N) is 1. The molecule has 0 radical (unpaired) electrons. The first-order chi connectivity index (χ1) is 15.6. The SMILES string of the molecule is O=C(COC(=O)c1ccccc1OCc1cccc(Br)c1)NCc1ccc2c(c1)OCO2. The maximum Gasteiger partial charge on any atom is 0.342 e. The highest BCUT2D eigenvalue weighted by atomic mass is 79.9. The van der Waals surface area contributed by atoms with Crippen LogP contribution in [0.5, 0.6) is 17.2 Å². The lowest BCUT2D eigenvalue weighted by molar-refractivity contribution is -0.124. The van der Waals surface area contributed by atoms with Crippen LogP contribution >= 0.6 is 15.9 Å². The molecule has 3 aromatic rings. The molecule has 4 rings (SSSR count). The van der Waals surface area contributed by atoms with Gasteiger partial charge in [0.15, 0.2) is 18.1 Å². The molecule has 0 bridgehead atoms. The molecule has 1 heterocycles. The summed E-state index contributed by atoms with van der Waals surface area (Å²) in [4.78, 5) is 24.7. The van der Waals surface area contributed by atoms with Crippen LogP contribution < -0.4 is 19.5 Å². The second kappa shape index (κ2) is 10.2. The van der Waals surface area contributed by atoms with E-state index in [9.17, 15) is 9.59 Å². The first-order valence-electron chi connectivity index (χ1n) is 9.87. The van der Waals surface area contributed by atoms with Crippen molar-refractivity contribution < 1.29 is 28.5 Å². The van der Waals surface area contributed by atoms with Crippen LogP contribution in [-0.4, -0.2) is 25.3 Å². The van der Waals surface area contributed by atoms with Crippen molar-refractivity contribution in [3.05, 3.63) is 87.9 Å². The number of benzene rings is 3. The molecule has 3 aromatic carbocycles. The fourth-order valence-corrected chi connectivity index (χ4v) is 3.51. The van der Waals surface area contributed by atoms with E-state index in [0.29, 0.717) is 23.9 Å². The van der Waals surface area contributed by atoms with Crippen molar-refractivity contribution in [1.29, 1.82) is 0 Å². The predicted octanol–water partition coefficient (Wildman–Crippen LogP) is 4.23. The number of ether oxygens (including phenoxy) is 4. The molecule has 1 aliphatic heterocycles. The highest BCUT2D eigenvalue weighted by molar-refractivity contribution is 9.10. The first kappa shape index (κ1) is 21.7. The number of fused-ring (bicyclic) bond motifs is 1. The molecule has 1 amide bonds. The second-order valence-corrected chi connectivity index (χ2v) is 7.87. The molecule has 1 aliphatic rings. The van der Waals surface area contributed by atoms with Gasteiger partial charge in [-0.15, -0.1) is 0 Å².